The zero-order valence-electron chi connectivity index (χ0n) is 5.13. The standard InChI is InChI=1S/C8H8O/c1-7-5-3-2-4-6-8(7)9/h3-6H,1-2H2. The monoisotopic (exact) mass is 120 g/mol. The van der Waals surface area contributed by atoms with E-state index >= 15 is 0 Å². The van der Waals surface area contributed by atoms with Gasteiger partial charge in [0.05, 0.1) is 0 Å². The van der Waals surface area contributed by atoms with Gasteiger partial charge in [-0.3, -0.25) is 4.79 Å². The summed E-state index contributed by atoms with van der Waals surface area (Å²) in [6.07, 6.45) is 7.90. The van der Waals surface area contributed by atoms with Crippen molar-refractivity contribution < 1.29 is 4.79 Å². The van der Waals surface area contributed by atoms with Crippen molar-refractivity contribution in [3.63, 3.8) is 0 Å². The predicted molar refractivity (Wildman–Crippen MR) is 37.0 cm³/mol. The van der Waals surface area contributed by atoms with E-state index in [0.29, 0.717) is 5.57 Å². The van der Waals surface area contributed by atoms with Crippen molar-refractivity contribution in [2.75, 3.05) is 0 Å². The van der Waals surface area contributed by atoms with Gasteiger partial charge in [0.1, 0.15) is 0 Å². The molecular formula is C8H8O. The van der Waals surface area contributed by atoms with Gasteiger partial charge in [-0.15, -0.1) is 0 Å². The quantitative estimate of drug-likeness (QED) is 0.444. The number of carbonyl (C=O) groups is 1. The SMILES string of the molecule is C=C1C=CCC=CC1=O. The summed E-state index contributed by atoms with van der Waals surface area (Å²) in [6, 6.07) is 0. The van der Waals surface area contributed by atoms with Crippen molar-refractivity contribution >= 4 is 5.78 Å². The molecule has 0 radical (unpaired) electrons. The van der Waals surface area contributed by atoms with Crippen LogP contribution in [-0.2, 0) is 4.79 Å². The van der Waals surface area contributed by atoms with Crippen LogP contribution < -0.4 is 0 Å². The minimum atomic E-state index is 0.0174. The van der Waals surface area contributed by atoms with Gasteiger partial charge in [-0.2, -0.15) is 0 Å². The van der Waals surface area contributed by atoms with Crippen LogP contribution in [0.15, 0.2) is 36.5 Å². The van der Waals surface area contributed by atoms with Crippen molar-refractivity contribution in [1.82, 2.24) is 0 Å². The fourth-order valence-electron chi connectivity index (χ4n) is 0.653. The molecule has 0 aromatic carbocycles. The summed E-state index contributed by atoms with van der Waals surface area (Å²) in [5.74, 6) is 0.0174. The van der Waals surface area contributed by atoms with E-state index in [1.807, 2.05) is 12.2 Å². The van der Waals surface area contributed by atoms with E-state index in [0.717, 1.165) is 6.42 Å². The number of hydrogen-bond acceptors (Lipinski definition) is 1. The fourth-order valence-corrected chi connectivity index (χ4v) is 0.653. The molecule has 0 saturated carbocycles. The molecule has 9 heavy (non-hydrogen) atoms. The van der Waals surface area contributed by atoms with Gasteiger partial charge in [-0.05, 0) is 12.5 Å². The van der Waals surface area contributed by atoms with Gasteiger partial charge in [0.2, 0.25) is 0 Å². The first-order valence-electron chi connectivity index (χ1n) is 2.87. The molecule has 1 nitrogen and oxygen atoms in total. The van der Waals surface area contributed by atoms with E-state index in [1.54, 1.807) is 12.2 Å². The van der Waals surface area contributed by atoms with Gasteiger partial charge >= 0.3 is 0 Å². The first-order valence-corrected chi connectivity index (χ1v) is 2.87. The van der Waals surface area contributed by atoms with E-state index in [1.165, 1.54) is 0 Å². The topological polar surface area (TPSA) is 17.1 Å². The van der Waals surface area contributed by atoms with Crippen LogP contribution in [-0.4, -0.2) is 5.78 Å². The Morgan fingerprint density at radius 3 is 2.78 bits per heavy atom. The van der Waals surface area contributed by atoms with Crippen LogP contribution in [0.4, 0.5) is 0 Å². The molecule has 1 rings (SSSR count). The van der Waals surface area contributed by atoms with Crippen molar-refractivity contribution in [2.45, 2.75) is 6.42 Å². The smallest absolute Gasteiger partial charge is 0.184 e. The van der Waals surface area contributed by atoms with Crippen molar-refractivity contribution in [1.29, 1.82) is 0 Å². The third-order valence-electron chi connectivity index (χ3n) is 1.18. The molecule has 0 unspecified atom stereocenters. The maximum atomic E-state index is 10.8. The molecule has 46 valence electrons. The molecule has 1 aliphatic carbocycles. The minimum absolute atomic E-state index is 0.0174. The molecule has 0 aliphatic heterocycles. The molecule has 1 heteroatoms. The first-order chi connectivity index (χ1) is 4.30. The number of carbonyl (C=O) groups excluding carboxylic acids is 1. The Bertz CT molecular complexity index is 175. The van der Waals surface area contributed by atoms with Gasteiger partial charge in [0, 0.05) is 5.57 Å². The molecule has 0 heterocycles. The van der Waals surface area contributed by atoms with Crippen LogP contribution >= 0.6 is 0 Å². The van der Waals surface area contributed by atoms with Crippen LogP contribution in [0, 0.1) is 0 Å². The van der Waals surface area contributed by atoms with E-state index in [9.17, 15) is 4.79 Å². The average molecular weight is 120 g/mol. The fraction of sp³-hybridized carbons (Fsp3) is 0.125. The van der Waals surface area contributed by atoms with E-state index in [-0.39, 0.29) is 5.78 Å². The highest BCUT2D eigenvalue weighted by molar-refractivity contribution is 6.05. The lowest BCUT2D eigenvalue weighted by Gasteiger charge is -1.85. The van der Waals surface area contributed by atoms with E-state index < -0.39 is 0 Å². The van der Waals surface area contributed by atoms with E-state index in [2.05, 4.69) is 6.58 Å². The molecule has 0 bridgehead atoms. The molecule has 0 atom stereocenters. The Morgan fingerprint density at radius 2 is 2.00 bits per heavy atom. The highest BCUT2D eigenvalue weighted by Crippen LogP contribution is 2.02. The molecule has 0 fully saturated rings. The highest BCUT2D eigenvalue weighted by atomic mass is 16.1. The van der Waals surface area contributed by atoms with Gasteiger partial charge in [-0.25, -0.2) is 0 Å². The Hall–Kier alpha value is -1.11. The summed E-state index contributed by atoms with van der Waals surface area (Å²) in [5.41, 5.74) is 0.573. The zero-order valence-corrected chi connectivity index (χ0v) is 5.13. The average Bonchev–Trinajstić information content (AvgIpc) is 1.99. The maximum absolute atomic E-state index is 10.8. The lowest BCUT2D eigenvalue weighted by Crippen LogP contribution is -1.90. The number of hydrogen-bond donors (Lipinski definition) is 0. The second-order valence-electron chi connectivity index (χ2n) is 1.93. The summed E-state index contributed by atoms with van der Waals surface area (Å²) in [6.45, 7) is 3.57. The molecule has 0 aromatic rings. The number of allylic oxidation sites excluding steroid dienone is 5. The maximum Gasteiger partial charge on any atom is 0.184 e. The van der Waals surface area contributed by atoms with Crippen molar-refractivity contribution in [3.05, 3.63) is 36.5 Å². The summed E-state index contributed by atoms with van der Waals surface area (Å²) in [7, 11) is 0. The first kappa shape index (κ1) is 6.02. The predicted octanol–water partition coefficient (Wildman–Crippen LogP) is 1.63. The van der Waals surface area contributed by atoms with Gasteiger partial charge < -0.3 is 0 Å². The number of ketones is 1. The van der Waals surface area contributed by atoms with Crippen LogP contribution in [0.25, 0.3) is 0 Å². The Kier molecular flexibility index (Phi) is 1.63. The zero-order chi connectivity index (χ0) is 6.69. The molecule has 0 amide bonds. The van der Waals surface area contributed by atoms with Crippen LogP contribution in [0.2, 0.25) is 0 Å². The van der Waals surface area contributed by atoms with Crippen molar-refractivity contribution in [3.8, 4) is 0 Å². The van der Waals surface area contributed by atoms with Gasteiger partial charge in [0.25, 0.3) is 0 Å². The number of rotatable bonds is 0. The van der Waals surface area contributed by atoms with Crippen LogP contribution in [0.5, 0.6) is 0 Å². The summed E-state index contributed by atoms with van der Waals surface area (Å²) in [5, 5.41) is 0. The lowest BCUT2D eigenvalue weighted by molar-refractivity contribution is -0.111. The normalized spacial score (nSPS) is 18.2. The minimum Gasteiger partial charge on any atom is -0.289 e. The Morgan fingerprint density at radius 1 is 1.33 bits per heavy atom. The van der Waals surface area contributed by atoms with Crippen LogP contribution in [0.1, 0.15) is 6.42 Å². The molecule has 0 aromatic heterocycles. The lowest BCUT2D eigenvalue weighted by atomic mass is 10.2. The molecular weight excluding hydrogens is 112 g/mol. The van der Waals surface area contributed by atoms with Crippen LogP contribution in [0.3, 0.4) is 0 Å². The summed E-state index contributed by atoms with van der Waals surface area (Å²) in [4.78, 5) is 10.8. The molecule has 0 spiro atoms. The third kappa shape index (κ3) is 1.39. The summed E-state index contributed by atoms with van der Waals surface area (Å²) >= 11 is 0. The second-order valence-corrected chi connectivity index (χ2v) is 1.93. The molecule has 1 aliphatic rings. The Balaban J connectivity index is 2.86. The molecule has 0 N–H and O–H groups in total. The summed E-state index contributed by atoms with van der Waals surface area (Å²) < 4.78 is 0. The van der Waals surface area contributed by atoms with E-state index in [4.69, 9.17) is 0 Å². The second kappa shape index (κ2) is 2.44. The van der Waals surface area contributed by atoms with Gasteiger partial charge in [0.15, 0.2) is 5.78 Å². The Labute approximate surface area is 54.4 Å². The molecule has 0 saturated heterocycles. The van der Waals surface area contributed by atoms with Gasteiger partial charge in [-0.1, -0.05) is 24.8 Å². The van der Waals surface area contributed by atoms with Crippen molar-refractivity contribution in [2.24, 2.45) is 0 Å². The highest BCUT2D eigenvalue weighted by Gasteiger charge is 1.99. The third-order valence-corrected chi connectivity index (χ3v) is 1.18. The largest absolute Gasteiger partial charge is 0.289 e.